The van der Waals surface area contributed by atoms with Gasteiger partial charge in [-0.2, -0.15) is 0 Å². The summed E-state index contributed by atoms with van der Waals surface area (Å²) in [7, 11) is -3.82. The lowest BCUT2D eigenvalue weighted by molar-refractivity contribution is -0.138. The van der Waals surface area contributed by atoms with Crippen LogP contribution in [-0.2, 0) is 14.8 Å². The number of hydrogen-bond acceptors (Lipinski definition) is 3. The van der Waals surface area contributed by atoms with Crippen LogP contribution in [0.2, 0.25) is 5.02 Å². The van der Waals surface area contributed by atoms with E-state index in [2.05, 4.69) is 0 Å². The maximum Gasteiger partial charge on any atom is 0.312 e. The average molecular weight is 338 g/mol. The highest BCUT2D eigenvalue weighted by molar-refractivity contribution is 7.92. The topological polar surface area (TPSA) is 74.7 Å². The van der Waals surface area contributed by atoms with Crippen molar-refractivity contribution in [2.45, 2.75) is 10.8 Å². The van der Waals surface area contributed by atoms with E-state index in [1.54, 1.807) is 24.3 Å². The van der Waals surface area contributed by atoms with Crippen LogP contribution >= 0.6 is 11.6 Å². The normalized spacial score (nSPS) is 17.3. The summed E-state index contributed by atoms with van der Waals surface area (Å²) in [5.74, 6) is -1.90. The van der Waals surface area contributed by atoms with Gasteiger partial charge in [-0.15, -0.1) is 0 Å². The lowest BCUT2D eigenvalue weighted by Crippen LogP contribution is -2.31. The summed E-state index contributed by atoms with van der Waals surface area (Å²) in [6, 6.07) is 12.5. The first-order valence-electron chi connectivity index (χ1n) is 6.51. The zero-order chi connectivity index (χ0) is 15.9. The molecule has 2 aromatic carbocycles. The highest BCUT2D eigenvalue weighted by Crippen LogP contribution is 2.39. The number of halogens is 1. The highest BCUT2D eigenvalue weighted by atomic mass is 35.5. The van der Waals surface area contributed by atoms with E-state index in [1.165, 1.54) is 24.3 Å². The fourth-order valence-corrected chi connectivity index (χ4v) is 4.18. The third-order valence-corrected chi connectivity index (χ3v) is 5.67. The molecular formula is C15H12ClNO4S. The largest absolute Gasteiger partial charge is 0.481 e. The van der Waals surface area contributed by atoms with Crippen molar-refractivity contribution < 1.29 is 18.3 Å². The van der Waals surface area contributed by atoms with Crippen LogP contribution in [0, 0.1) is 0 Å². The van der Waals surface area contributed by atoms with Crippen LogP contribution in [0.15, 0.2) is 53.4 Å². The van der Waals surface area contributed by atoms with Crippen molar-refractivity contribution in [3.05, 3.63) is 59.1 Å². The molecule has 0 aliphatic carbocycles. The number of carbonyl (C=O) groups is 1. The second kappa shape index (κ2) is 5.30. The molecule has 0 aromatic heterocycles. The van der Waals surface area contributed by atoms with E-state index in [9.17, 15) is 18.3 Å². The predicted molar refractivity (Wildman–Crippen MR) is 82.8 cm³/mol. The summed E-state index contributed by atoms with van der Waals surface area (Å²) in [5, 5.41) is 9.75. The number of anilines is 1. The Morgan fingerprint density at radius 1 is 1.14 bits per heavy atom. The van der Waals surface area contributed by atoms with Crippen LogP contribution in [0.1, 0.15) is 11.5 Å². The Hall–Kier alpha value is -2.05. The van der Waals surface area contributed by atoms with Gasteiger partial charge in [0.2, 0.25) is 0 Å². The first kappa shape index (κ1) is 14.9. The molecule has 0 fully saturated rings. The van der Waals surface area contributed by atoms with E-state index >= 15 is 0 Å². The van der Waals surface area contributed by atoms with Gasteiger partial charge in [0.1, 0.15) is 5.92 Å². The summed E-state index contributed by atoms with van der Waals surface area (Å²) in [6.45, 7) is -0.111. The minimum absolute atomic E-state index is 0.0812. The Morgan fingerprint density at radius 3 is 2.41 bits per heavy atom. The Labute approximate surface area is 132 Å². The van der Waals surface area contributed by atoms with Crippen LogP contribution < -0.4 is 4.31 Å². The van der Waals surface area contributed by atoms with Crippen molar-refractivity contribution in [2.75, 3.05) is 10.8 Å². The highest BCUT2D eigenvalue weighted by Gasteiger charge is 2.39. The van der Waals surface area contributed by atoms with Crippen molar-refractivity contribution in [2.24, 2.45) is 0 Å². The molecule has 1 heterocycles. The van der Waals surface area contributed by atoms with Gasteiger partial charge >= 0.3 is 5.97 Å². The van der Waals surface area contributed by atoms with Crippen LogP contribution in [0.4, 0.5) is 5.69 Å². The summed E-state index contributed by atoms with van der Waals surface area (Å²) < 4.78 is 26.7. The molecule has 0 saturated heterocycles. The molecule has 0 radical (unpaired) electrons. The monoisotopic (exact) mass is 337 g/mol. The Bertz CT molecular complexity index is 833. The summed E-state index contributed by atoms with van der Waals surface area (Å²) in [5.41, 5.74) is 0.914. The predicted octanol–water partition coefficient (Wildman–Crippen LogP) is 2.72. The van der Waals surface area contributed by atoms with E-state index in [-0.39, 0.29) is 11.4 Å². The van der Waals surface area contributed by atoms with Gasteiger partial charge in [-0.25, -0.2) is 8.42 Å². The maximum atomic E-state index is 12.8. The van der Waals surface area contributed by atoms with E-state index in [4.69, 9.17) is 11.6 Å². The molecule has 114 valence electrons. The standard InChI is InChI=1S/C15H12ClNO4S/c16-10-5-7-11(8-6-10)22(20,21)17-9-13(15(18)19)12-3-1-2-4-14(12)17/h1-8,13H,9H2,(H,18,19)/t13-/m0/s1. The van der Waals surface area contributed by atoms with Gasteiger partial charge in [0.25, 0.3) is 10.0 Å². The van der Waals surface area contributed by atoms with Gasteiger partial charge in [-0.1, -0.05) is 29.8 Å². The molecule has 1 N–H and O–H groups in total. The SMILES string of the molecule is O=C(O)[C@H]1CN(S(=O)(=O)c2ccc(Cl)cc2)c2ccccc21. The molecule has 3 rings (SSSR count). The first-order chi connectivity index (χ1) is 10.4. The Balaban J connectivity index is 2.09. The maximum absolute atomic E-state index is 12.8. The Kier molecular flexibility index (Phi) is 3.58. The van der Waals surface area contributed by atoms with Crippen molar-refractivity contribution in [1.29, 1.82) is 0 Å². The van der Waals surface area contributed by atoms with E-state index in [0.717, 1.165) is 4.31 Å². The number of nitrogens with zero attached hydrogens (tertiary/aromatic N) is 1. The van der Waals surface area contributed by atoms with Gasteiger partial charge in [-0.05, 0) is 35.9 Å². The van der Waals surface area contributed by atoms with Crippen LogP contribution in [0.25, 0.3) is 0 Å². The smallest absolute Gasteiger partial charge is 0.312 e. The summed E-state index contributed by atoms with van der Waals surface area (Å²) in [4.78, 5) is 11.5. The van der Waals surface area contributed by atoms with E-state index in [0.29, 0.717) is 16.3 Å². The van der Waals surface area contributed by atoms with Gasteiger partial charge in [0.05, 0.1) is 17.1 Å². The number of para-hydroxylation sites is 1. The zero-order valence-corrected chi connectivity index (χ0v) is 12.9. The molecule has 1 aliphatic rings. The number of carboxylic acid groups (broad SMARTS) is 1. The number of aliphatic carboxylic acids is 1. The van der Waals surface area contributed by atoms with Crippen LogP contribution in [0.5, 0.6) is 0 Å². The lowest BCUT2D eigenvalue weighted by atomic mass is 10.0. The van der Waals surface area contributed by atoms with Gasteiger partial charge in [0, 0.05) is 5.02 Å². The second-order valence-corrected chi connectivity index (χ2v) is 7.24. The number of rotatable bonds is 3. The lowest BCUT2D eigenvalue weighted by Gasteiger charge is -2.19. The Morgan fingerprint density at radius 2 is 1.77 bits per heavy atom. The zero-order valence-electron chi connectivity index (χ0n) is 11.3. The molecule has 0 amide bonds. The minimum Gasteiger partial charge on any atom is -0.481 e. The third-order valence-electron chi connectivity index (χ3n) is 3.63. The second-order valence-electron chi connectivity index (χ2n) is 4.94. The number of benzene rings is 2. The van der Waals surface area contributed by atoms with E-state index in [1.807, 2.05) is 0 Å². The molecule has 0 unspecified atom stereocenters. The molecule has 0 bridgehead atoms. The molecule has 1 atom stereocenters. The van der Waals surface area contributed by atoms with Gasteiger partial charge in [0.15, 0.2) is 0 Å². The quantitative estimate of drug-likeness (QED) is 0.934. The van der Waals surface area contributed by atoms with Crippen molar-refractivity contribution >= 4 is 33.3 Å². The molecule has 22 heavy (non-hydrogen) atoms. The third kappa shape index (κ3) is 2.34. The van der Waals surface area contributed by atoms with Gasteiger partial charge in [-0.3, -0.25) is 9.10 Å². The minimum atomic E-state index is -3.82. The van der Waals surface area contributed by atoms with Crippen LogP contribution in [0.3, 0.4) is 0 Å². The summed E-state index contributed by atoms with van der Waals surface area (Å²) in [6.07, 6.45) is 0. The van der Waals surface area contributed by atoms with Crippen molar-refractivity contribution in [1.82, 2.24) is 0 Å². The number of carboxylic acids is 1. The molecular weight excluding hydrogens is 326 g/mol. The number of fused-ring (bicyclic) bond motifs is 1. The fraction of sp³-hybridized carbons (Fsp3) is 0.133. The molecule has 5 nitrogen and oxygen atoms in total. The molecule has 2 aromatic rings. The molecule has 7 heteroatoms. The van der Waals surface area contributed by atoms with Gasteiger partial charge < -0.3 is 5.11 Å². The number of hydrogen-bond donors (Lipinski definition) is 1. The molecule has 1 aliphatic heterocycles. The van der Waals surface area contributed by atoms with Crippen LogP contribution in [-0.4, -0.2) is 26.0 Å². The van der Waals surface area contributed by atoms with Crippen molar-refractivity contribution in [3.8, 4) is 0 Å². The summed E-state index contributed by atoms with van der Waals surface area (Å²) >= 11 is 5.78. The van der Waals surface area contributed by atoms with E-state index < -0.39 is 21.9 Å². The number of sulfonamides is 1. The molecule has 0 saturated carbocycles. The average Bonchev–Trinajstić information content (AvgIpc) is 2.88. The molecule has 0 spiro atoms. The fourth-order valence-electron chi connectivity index (χ4n) is 2.54. The van der Waals surface area contributed by atoms with Crippen molar-refractivity contribution in [3.63, 3.8) is 0 Å². The first-order valence-corrected chi connectivity index (χ1v) is 8.33.